The van der Waals surface area contributed by atoms with Gasteiger partial charge >= 0.3 is 0 Å². The van der Waals surface area contributed by atoms with Crippen molar-refractivity contribution in [1.29, 1.82) is 0 Å². The first-order chi connectivity index (χ1) is 12.2. The standard InChI is InChI=1S/C22H18ClNO/c23-20-14-8-7-9-17(20)15-16-21(25)24-22(18-10-3-1-4-11-18)19-12-5-2-6-13-19/h1-16,22H,(H,24,25)/b16-15+. The first-order valence-corrected chi connectivity index (χ1v) is 8.45. The molecule has 25 heavy (non-hydrogen) atoms. The van der Waals surface area contributed by atoms with Crippen LogP contribution in [0.5, 0.6) is 0 Å². The van der Waals surface area contributed by atoms with E-state index in [4.69, 9.17) is 11.6 Å². The highest BCUT2D eigenvalue weighted by Gasteiger charge is 2.15. The molecule has 0 saturated heterocycles. The van der Waals surface area contributed by atoms with Gasteiger partial charge in [-0.05, 0) is 28.8 Å². The van der Waals surface area contributed by atoms with Crippen molar-refractivity contribution in [3.63, 3.8) is 0 Å². The summed E-state index contributed by atoms with van der Waals surface area (Å²) >= 11 is 6.12. The molecule has 0 aliphatic heterocycles. The molecule has 0 aliphatic rings. The third-order valence-corrected chi connectivity index (χ3v) is 4.22. The SMILES string of the molecule is O=C(/C=C/c1ccccc1Cl)NC(c1ccccc1)c1ccccc1. The van der Waals surface area contributed by atoms with E-state index in [0.717, 1.165) is 16.7 Å². The first kappa shape index (κ1) is 17.0. The Morgan fingerprint density at radius 1 is 0.800 bits per heavy atom. The highest BCUT2D eigenvalue weighted by Crippen LogP contribution is 2.22. The Morgan fingerprint density at radius 2 is 1.32 bits per heavy atom. The van der Waals surface area contributed by atoms with Crippen molar-refractivity contribution in [3.8, 4) is 0 Å². The van der Waals surface area contributed by atoms with Crippen molar-refractivity contribution in [2.75, 3.05) is 0 Å². The van der Waals surface area contributed by atoms with Crippen LogP contribution in [0.1, 0.15) is 22.7 Å². The predicted octanol–water partition coefficient (Wildman–Crippen LogP) is 5.26. The largest absolute Gasteiger partial charge is 0.342 e. The fraction of sp³-hybridized carbons (Fsp3) is 0.0455. The average Bonchev–Trinajstić information content (AvgIpc) is 2.67. The van der Waals surface area contributed by atoms with Gasteiger partial charge in [-0.1, -0.05) is 90.5 Å². The molecule has 0 fully saturated rings. The molecule has 2 nitrogen and oxygen atoms in total. The number of carbonyl (C=O) groups is 1. The number of nitrogens with one attached hydrogen (secondary N) is 1. The highest BCUT2D eigenvalue weighted by molar-refractivity contribution is 6.32. The van der Waals surface area contributed by atoms with Gasteiger partial charge in [-0.15, -0.1) is 0 Å². The molecule has 0 aromatic heterocycles. The molecule has 0 bridgehead atoms. The summed E-state index contributed by atoms with van der Waals surface area (Å²) in [6, 6.07) is 27.1. The normalized spacial score (nSPS) is 11.0. The molecule has 124 valence electrons. The molecule has 0 atom stereocenters. The van der Waals surface area contributed by atoms with Crippen LogP contribution in [0.15, 0.2) is 91.0 Å². The number of hydrogen-bond acceptors (Lipinski definition) is 1. The zero-order chi connectivity index (χ0) is 17.5. The van der Waals surface area contributed by atoms with Gasteiger partial charge in [0.2, 0.25) is 5.91 Å². The molecule has 0 unspecified atom stereocenters. The van der Waals surface area contributed by atoms with Gasteiger partial charge in [0.25, 0.3) is 0 Å². The van der Waals surface area contributed by atoms with Crippen molar-refractivity contribution in [1.82, 2.24) is 5.32 Å². The third-order valence-electron chi connectivity index (χ3n) is 3.87. The molecule has 0 heterocycles. The zero-order valence-electron chi connectivity index (χ0n) is 13.6. The summed E-state index contributed by atoms with van der Waals surface area (Å²) in [7, 11) is 0. The molecular weight excluding hydrogens is 330 g/mol. The Hall–Kier alpha value is -2.84. The van der Waals surface area contributed by atoms with E-state index in [2.05, 4.69) is 5.32 Å². The van der Waals surface area contributed by atoms with Crippen molar-refractivity contribution >= 4 is 23.6 Å². The van der Waals surface area contributed by atoms with Crippen LogP contribution in [-0.2, 0) is 4.79 Å². The van der Waals surface area contributed by atoms with E-state index in [-0.39, 0.29) is 11.9 Å². The molecule has 0 aliphatic carbocycles. The molecule has 0 saturated carbocycles. The minimum atomic E-state index is -0.203. The smallest absolute Gasteiger partial charge is 0.244 e. The van der Waals surface area contributed by atoms with Crippen molar-refractivity contribution in [2.45, 2.75) is 6.04 Å². The van der Waals surface area contributed by atoms with E-state index in [1.165, 1.54) is 6.08 Å². The molecular formula is C22H18ClNO. The summed E-state index contributed by atoms with van der Waals surface area (Å²) in [5.74, 6) is -0.169. The van der Waals surface area contributed by atoms with Crippen molar-refractivity contribution in [3.05, 3.63) is 113 Å². The van der Waals surface area contributed by atoms with E-state index in [9.17, 15) is 4.79 Å². The summed E-state index contributed by atoms with van der Waals surface area (Å²) in [5.41, 5.74) is 2.89. The quantitative estimate of drug-likeness (QED) is 0.627. The van der Waals surface area contributed by atoms with E-state index in [0.29, 0.717) is 5.02 Å². The van der Waals surface area contributed by atoms with Crippen LogP contribution in [-0.4, -0.2) is 5.91 Å². The number of amides is 1. The van der Waals surface area contributed by atoms with Crippen LogP contribution in [0.3, 0.4) is 0 Å². The summed E-state index contributed by atoms with van der Waals surface area (Å²) in [5, 5.41) is 3.69. The van der Waals surface area contributed by atoms with Crippen LogP contribution in [0.25, 0.3) is 6.08 Å². The van der Waals surface area contributed by atoms with Crippen LogP contribution >= 0.6 is 11.6 Å². The molecule has 1 N–H and O–H groups in total. The lowest BCUT2D eigenvalue weighted by molar-refractivity contribution is -0.116. The minimum absolute atomic E-state index is 0.169. The van der Waals surface area contributed by atoms with Crippen LogP contribution in [0.2, 0.25) is 5.02 Å². The Balaban J connectivity index is 1.81. The summed E-state index contributed by atoms with van der Waals surface area (Å²) in [6.45, 7) is 0. The summed E-state index contributed by atoms with van der Waals surface area (Å²) < 4.78 is 0. The van der Waals surface area contributed by atoms with Gasteiger partial charge in [0, 0.05) is 11.1 Å². The first-order valence-electron chi connectivity index (χ1n) is 8.07. The average molecular weight is 348 g/mol. The van der Waals surface area contributed by atoms with Gasteiger partial charge in [-0.3, -0.25) is 4.79 Å². The Kier molecular flexibility index (Phi) is 5.65. The van der Waals surface area contributed by atoms with E-state index < -0.39 is 0 Å². The molecule has 1 amide bonds. The topological polar surface area (TPSA) is 29.1 Å². The maximum Gasteiger partial charge on any atom is 0.244 e. The lowest BCUT2D eigenvalue weighted by atomic mass is 9.98. The van der Waals surface area contributed by atoms with Crippen molar-refractivity contribution in [2.24, 2.45) is 0 Å². The Labute approximate surface area is 152 Å². The number of rotatable bonds is 5. The Bertz CT molecular complexity index is 820. The highest BCUT2D eigenvalue weighted by atomic mass is 35.5. The predicted molar refractivity (Wildman–Crippen MR) is 103 cm³/mol. The Morgan fingerprint density at radius 3 is 1.88 bits per heavy atom. The van der Waals surface area contributed by atoms with Gasteiger partial charge < -0.3 is 5.32 Å². The lowest BCUT2D eigenvalue weighted by Crippen LogP contribution is -2.27. The van der Waals surface area contributed by atoms with Gasteiger partial charge in [-0.25, -0.2) is 0 Å². The number of hydrogen-bond donors (Lipinski definition) is 1. The number of halogens is 1. The van der Waals surface area contributed by atoms with Gasteiger partial charge in [0.15, 0.2) is 0 Å². The second kappa shape index (κ2) is 8.32. The maximum atomic E-state index is 12.4. The molecule has 3 aromatic rings. The van der Waals surface area contributed by atoms with Gasteiger partial charge in [-0.2, -0.15) is 0 Å². The van der Waals surface area contributed by atoms with E-state index in [1.807, 2.05) is 78.9 Å². The monoisotopic (exact) mass is 347 g/mol. The third kappa shape index (κ3) is 4.59. The van der Waals surface area contributed by atoms with Gasteiger partial charge in [0.05, 0.1) is 6.04 Å². The summed E-state index contributed by atoms with van der Waals surface area (Å²) in [4.78, 5) is 12.4. The molecule has 3 aromatic carbocycles. The van der Waals surface area contributed by atoms with Crippen LogP contribution < -0.4 is 5.32 Å². The minimum Gasteiger partial charge on any atom is -0.342 e. The zero-order valence-corrected chi connectivity index (χ0v) is 14.4. The molecule has 3 rings (SSSR count). The molecule has 0 spiro atoms. The van der Waals surface area contributed by atoms with Crippen molar-refractivity contribution < 1.29 is 4.79 Å². The number of carbonyl (C=O) groups excluding carboxylic acids is 1. The van der Waals surface area contributed by atoms with Crippen LogP contribution in [0, 0.1) is 0 Å². The molecule has 0 radical (unpaired) electrons. The maximum absolute atomic E-state index is 12.4. The lowest BCUT2D eigenvalue weighted by Gasteiger charge is -2.19. The van der Waals surface area contributed by atoms with Gasteiger partial charge in [0.1, 0.15) is 0 Å². The number of benzene rings is 3. The van der Waals surface area contributed by atoms with E-state index in [1.54, 1.807) is 12.1 Å². The van der Waals surface area contributed by atoms with Crippen LogP contribution in [0.4, 0.5) is 0 Å². The second-order valence-electron chi connectivity index (χ2n) is 5.62. The summed E-state index contributed by atoms with van der Waals surface area (Å²) in [6.07, 6.45) is 3.24. The fourth-order valence-electron chi connectivity index (χ4n) is 2.62. The fourth-order valence-corrected chi connectivity index (χ4v) is 2.81. The van der Waals surface area contributed by atoms with E-state index >= 15 is 0 Å². The second-order valence-corrected chi connectivity index (χ2v) is 6.03. The molecule has 3 heteroatoms.